The molecule has 70 heavy (non-hydrogen) atoms. The van der Waals surface area contributed by atoms with Crippen molar-refractivity contribution in [3.8, 4) is 45.3 Å². The lowest BCUT2D eigenvalue weighted by Gasteiger charge is -2.20. The molecule has 0 aliphatic carbocycles. The van der Waals surface area contributed by atoms with Crippen LogP contribution >= 0.6 is 0 Å². The zero-order chi connectivity index (χ0) is 45.9. The smallest absolute Gasteiger partial charge is 0.140 e. The number of pyridine rings is 1. The Balaban J connectivity index is 1.10. The summed E-state index contributed by atoms with van der Waals surface area (Å²) in [5, 5.41) is 9.64. The Labute approximate surface area is 402 Å². The molecule has 5 heteroatoms. The van der Waals surface area contributed by atoms with Crippen LogP contribution in [0.4, 0.5) is 0 Å². The van der Waals surface area contributed by atoms with Crippen LogP contribution in [0.5, 0.6) is 0 Å². The number of benzene rings is 10. The summed E-state index contributed by atoms with van der Waals surface area (Å²) in [6, 6.07) is 90.5. The van der Waals surface area contributed by atoms with Crippen molar-refractivity contribution in [3.05, 3.63) is 249 Å². The molecule has 0 bridgehead atoms. The van der Waals surface area contributed by atoms with Crippen molar-refractivity contribution in [3.63, 3.8) is 0 Å². The van der Waals surface area contributed by atoms with E-state index in [1.54, 1.807) is 0 Å². The third-order valence-electron chi connectivity index (χ3n) is 14.6. The minimum Gasteiger partial charge on any atom is -0.309 e. The number of rotatable bonds is 6. The van der Waals surface area contributed by atoms with Crippen LogP contribution in [0.3, 0.4) is 0 Å². The fraction of sp³-hybridized carbons (Fsp3) is 0. The monoisotopic (exact) mass is 891 g/mol. The topological polar surface area (TPSA) is 32.6 Å². The van der Waals surface area contributed by atoms with Crippen molar-refractivity contribution < 1.29 is 0 Å². The van der Waals surface area contributed by atoms with Gasteiger partial charge in [-0.3, -0.25) is 4.57 Å². The predicted octanol–water partition coefficient (Wildman–Crippen LogP) is 16.8. The molecule has 0 amide bonds. The van der Waals surface area contributed by atoms with Crippen LogP contribution in [0.15, 0.2) is 249 Å². The number of fused-ring (bicyclic) bond motifs is 12. The van der Waals surface area contributed by atoms with Gasteiger partial charge < -0.3 is 13.7 Å². The van der Waals surface area contributed by atoms with E-state index in [1.165, 1.54) is 48.6 Å². The summed E-state index contributed by atoms with van der Waals surface area (Å²) in [5.41, 5.74) is 16.5. The van der Waals surface area contributed by atoms with E-state index in [0.29, 0.717) is 0 Å². The molecule has 0 aliphatic heterocycles. The number of hydrogen-bond donors (Lipinski definition) is 0. The molecule has 0 unspecified atom stereocenters. The van der Waals surface area contributed by atoms with Crippen molar-refractivity contribution in [1.82, 2.24) is 23.3 Å². The highest BCUT2D eigenvalue weighted by molar-refractivity contribution is 6.14. The third kappa shape index (κ3) is 5.57. The maximum atomic E-state index is 5.92. The Morgan fingerprint density at radius 1 is 0.257 bits per heavy atom. The molecule has 15 rings (SSSR count). The average molecular weight is 892 g/mol. The second-order valence-corrected chi connectivity index (χ2v) is 18.3. The van der Waals surface area contributed by atoms with Crippen LogP contribution in [-0.4, -0.2) is 23.3 Å². The molecule has 5 heterocycles. The Kier molecular flexibility index (Phi) is 8.29. The lowest BCUT2D eigenvalue weighted by atomic mass is 9.94. The fourth-order valence-electron chi connectivity index (χ4n) is 11.7. The highest BCUT2D eigenvalue weighted by Gasteiger charge is 2.24. The van der Waals surface area contributed by atoms with Gasteiger partial charge in [0.15, 0.2) is 0 Å². The molecule has 0 fully saturated rings. The van der Waals surface area contributed by atoms with Crippen LogP contribution in [0.1, 0.15) is 0 Å². The van der Waals surface area contributed by atoms with Gasteiger partial charge in [-0.15, -0.1) is 0 Å². The van der Waals surface area contributed by atoms with Gasteiger partial charge in [-0.2, -0.15) is 0 Å². The summed E-state index contributed by atoms with van der Waals surface area (Å²) < 4.78 is 9.64. The maximum absolute atomic E-state index is 5.92. The third-order valence-corrected chi connectivity index (χ3v) is 14.6. The first-order chi connectivity index (χ1) is 34.8. The molecule has 326 valence electrons. The van der Waals surface area contributed by atoms with Crippen molar-refractivity contribution in [2.24, 2.45) is 0 Å². The van der Waals surface area contributed by atoms with E-state index in [1.807, 2.05) is 0 Å². The summed E-state index contributed by atoms with van der Waals surface area (Å²) in [5.74, 6) is 0.844. The van der Waals surface area contributed by atoms with E-state index < -0.39 is 0 Å². The van der Waals surface area contributed by atoms with Gasteiger partial charge in [-0.05, 0) is 90.0 Å². The Hall–Kier alpha value is -9.45. The van der Waals surface area contributed by atoms with Gasteiger partial charge in [0, 0.05) is 60.4 Å². The lowest BCUT2D eigenvalue weighted by molar-refractivity contribution is 1.06. The minimum absolute atomic E-state index is 0.844. The Morgan fingerprint density at radius 2 is 0.657 bits per heavy atom. The molecule has 0 saturated heterocycles. The van der Waals surface area contributed by atoms with Crippen molar-refractivity contribution in [2.45, 2.75) is 0 Å². The second-order valence-electron chi connectivity index (χ2n) is 18.3. The molecule has 5 nitrogen and oxygen atoms in total. The molecule has 15 aromatic rings. The summed E-state index contributed by atoms with van der Waals surface area (Å²) in [4.78, 5) is 5.92. The highest BCUT2D eigenvalue weighted by Crippen LogP contribution is 2.45. The average Bonchev–Trinajstić information content (AvgIpc) is 4.16. The molecule has 10 aromatic carbocycles. The van der Waals surface area contributed by atoms with Gasteiger partial charge >= 0.3 is 0 Å². The minimum atomic E-state index is 0.844. The van der Waals surface area contributed by atoms with E-state index >= 15 is 0 Å². The van der Waals surface area contributed by atoms with Crippen LogP contribution in [0.2, 0.25) is 0 Å². The van der Waals surface area contributed by atoms with Gasteiger partial charge in [-0.1, -0.05) is 164 Å². The van der Waals surface area contributed by atoms with Crippen molar-refractivity contribution in [1.29, 1.82) is 0 Å². The van der Waals surface area contributed by atoms with Gasteiger partial charge in [0.2, 0.25) is 0 Å². The molecule has 0 saturated carbocycles. The molecule has 0 atom stereocenters. The summed E-state index contributed by atoms with van der Waals surface area (Å²) in [6.45, 7) is 0. The molecule has 0 spiro atoms. The van der Waals surface area contributed by atoms with E-state index in [-0.39, 0.29) is 0 Å². The standard InChI is InChI=1S/C65H41N5/c1-2-19-43(20-3-1)67-57-31-13-10-27-52(57)53-39-42(37-38-62(53)67)45-28-18-36-63(69-58-32-14-6-23-48(58)49-24-7-15-33-59(49)69)65(45)54-40-44(68-55-29-11-4-21-46(55)47-22-5-12-30-56(47)68)41-64(66-54)70-60-34-16-8-25-50(60)51-26-9-17-35-61(51)70/h1-41H. The lowest BCUT2D eigenvalue weighted by Crippen LogP contribution is -2.06. The second kappa shape index (κ2) is 15.0. The summed E-state index contributed by atoms with van der Waals surface area (Å²) >= 11 is 0. The molecule has 0 radical (unpaired) electrons. The van der Waals surface area contributed by atoms with Gasteiger partial charge in [0.25, 0.3) is 0 Å². The van der Waals surface area contributed by atoms with Gasteiger partial charge in [-0.25, -0.2) is 4.98 Å². The van der Waals surface area contributed by atoms with E-state index in [9.17, 15) is 0 Å². The van der Waals surface area contributed by atoms with Gasteiger partial charge in [0.1, 0.15) is 5.82 Å². The summed E-state index contributed by atoms with van der Waals surface area (Å²) in [7, 11) is 0. The zero-order valence-corrected chi connectivity index (χ0v) is 37.9. The van der Waals surface area contributed by atoms with Crippen LogP contribution in [-0.2, 0) is 0 Å². The Bertz CT molecular complexity index is 4310. The summed E-state index contributed by atoms with van der Waals surface area (Å²) in [6.07, 6.45) is 0. The zero-order valence-electron chi connectivity index (χ0n) is 37.9. The van der Waals surface area contributed by atoms with E-state index in [0.717, 1.165) is 83.9 Å². The first-order valence-electron chi connectivity index (χ1n) is 24.0. The Morgan fingerprint density at radius 3 is 1.16 bits per heavy atom. The van der Waals surface area contributed by atoms with Crippen LogP contribution < -0.4 is 0 Å². The van der Waals surface area contributed by atoms with Crippen molar-refractivity contribution >= 4 is 87.2 Å². The van der Waals surface area contributed by atoms with Crippen LogP contribution in [0, 0.1) is 0 Å². The quantitative estimate of drug-likeness (QED) is 0.164. The fourth-order valence-corrected chi connectivity index (χ4v) is 11.7. The van der Waals surface area contributed by atoms with Crippen LogP contribution in [0.25, 0.3) is 132 Å². The van der Waals surface area contributed by atoms with E-state index in [4.69, 9.17) is 4.98 Å². The molecular formula is C65H41N5. The van der Waals surface area contributed by atoms with Gasteiger partial charge in [0.05, 0.1) is 61.2 Å². The number of hydrogen-bond acceptors (Lipinski definition) is 1. The molecular weight excluding hydrogens is 851 g/mol. The molecule has 0 N–H and O–H groups in total. The highest BCUT2D eigenvalue weighted by atomic mass is 15.1. The molecule has 5 aromatic heterocycles. The number of para-hydroxylation sites is 8. The first-order valence-corrected chi connectivity index (χ1v) is 24.0. The van der Waals surface area contributed by atoms with Crippen molar-refractivity contribution in [2.75, 3.05) is 0 Å². The SMILES string of the molecule is c1ccc(-n2c3ccccc3c3cc(-c4cccc(-n5c6ccccc6c6ccccc65)c4-c4cc(-n5c6ccccc6c6ccccc65)cc(-n5c6ccccc6c6ccccc65)n4)ccc32)cc1. The number of nitrogens with zero attached hydrogens (tertiary/aromatic N) is 5. The predicted molar refractivity (Wildman–Crippen MR) is 292 cm³/mol. The normalized spacial score (nSPS) is 12.0. The first kappa shape index (κ1) is 38.6. The molecule has 0 aliphatic rings. The van der Waals surface area contributed by atoms with E-state index in [2.05, 4.69) is 267 Å². The maximum Gasteiger partial charge on any atom is 0.140 e. The number of aromatic nitrogens is 5. The largest absolute Gasteiger partial charge is 0.309 e.